The molecule has 0 saturated carbocycles. The first-order chi connectivity index (χ1) is 17.3. The maximum atomic E-state index is 14.4. The first-order valence-corrected chi connectivity index (χ1v) is 12.8. The van der Waals surface area contributed by atoms with Crippen molar-refractivity contribution in [1.29, 1.82) is 0 Å². The van der Waals surface area contributed by atoms with Gasteiger partial charge in [0.2, 0.25) is 5.91 Å². The van der Waals surface area contributed by atoms with Gasteiger partial charge in [-0.2, -0.15) is 0 Å². The highest BCUT2D eigenvalue weighted by atomic mass is 35.5. The summed E-state index contributed by atoms with van der Waals surface area (Å²) < 4.78 is 14.4. The van der Waals surface area contributed by atoms with Gasteiger partial charge < -0.3 is 15.7 Å². The van der Waals surface area contributed by atoms with Gasteiger partial charge in [0.05, 0.1) is 21.3 Å². The van der Waals surface area contributed by atoms with Crippen LogP contribution in [0.3, 0.4) is 0 Å². The summed E-state index contributed by atoms with van der Waals surface area (Å²) in [4.78, 5) is 27.5. The number of primary amides is 1. The molecule has 0 fully saturated rings. The molecule has 4 rings (SSSR count). The highest BCUT2D eigenvalue weighted by molar-refractivity contribution is 6.42. The minimum Gasteiger partial charge on any atom is -0.478 e. The van der Waals surface area contributed by atoms with Crippen LogP contribution in [-0.2, 0) is 28.6 Å². The number of rotatable bonds is 6. The molecular weight excluding hydrogens is 550 g/mol. The van der Waals surface area contributed by atoms with Crippen molar-refractivity contribution in [3.8, 4) is 0 Å². The van der Waals surface area contributed by atoms with Gasteiger partial charge in [0, 0.05) is 13.0 Å². The fraction of sp³-hybridized carbons (Fsp3) is 0.310. The van der Waals surface area contributed by atoms with Crippen molar-refractivity contribution < 1.29 is 19.1 Å². The smallest absolute Gasteiger partial charge is 0.337 e. The Balaban J connectivity index is 0.00000400. The van der Waals surface area contributed by atoms with E-state index in [1.807, 2.05) is 24.3 Å². The molecule has 9 heteroatoms. The number of benzene rings is 3. The number of nitrogens with zero attached hydrogens (tertiary/aromatic N) is 1. The highest BCUT2D eigenvalue weighted by Crippen LogP contribution is 2.44. The Labute approximate surface area is 238 Å². The number of carbonyl (C=O) groups is 2. The average molecular weight is 580 g/mol. The molecule has 1 atom stereocenters. The van der Waals surface area contributed by atoms with Gasteiger partial charge in [0.25, 0.3) is 0 Å². The molecule has 0 bridgehead atoms. The predicted octanol–water partition coefficient (Wildman–Crippen LogP) is 6.93. The number of halogens is 4. The SMILES string of the molecule is CC(C)(C)c1ccc(CC(C(N)=O)(c2ccc(Cl)c(Cl)c2)N2CCCc3cc(F)cc(C(=O)O)c32)cc1.Cl. The van der Waals surface area contributed by atoms with E-state index >= 15 is 0 Å². The second-order valence-electron chi connectivity index (χ2n) is 10.5. The zero-order valence-electron chi connectivity index (χ0n) is 21.4. The lowest BCUT2D eigenvalue weighted by Crippen LogP contribution is -2.58. The van der Waals surface area contributed by atoms with Crippen molar-refractivity contribution in [3.63, 3.8) is 0 Å². The number of carboxylic acid groups (broad SMARTS) is 1. The van der Waals surface area contributed by atoms with Crippen LogP contribution in [0, 0.1) is 5.82 Å². The molecule has 0 aromatic heterocycles. The van der Waals surface area contributed by atoms with Gasteiger partial charge >= 0.3 is 5.97 Å². The molecule has 0 saturated heterocycles. The molecule has 38 heavy (non-hydrogen) atoms. The summed E-state index contributed by atoms with van der Waals surface area (Å²) in [6.07, 6.45) is 1.19. The number of hydrogen-bond acceptors (Lipinski definition) is 3. The van der Waals surface area contributed by atoms with E-state index in [9.17, 15) is 19.1 Å². The van der Waals surface area contributed by atoms with Crippen LogP contribution in [-0.4, -0.2) is 23.5 Å². The van der Waals surface area contributed by atoms with Crippen LogP contribution in [0.15, 0.2) is 54.6 Å². The average Bonchev–Trinajstić information content (AvgIpc) is 2.83. The van der Waals surface area contributed by atoms with Gasteiger partial charge in [-0.1, -0.05) is 74.3 Å². The Hall–Kier alpha value is -2.80. The summed E-state index contributed by atoms with van der Waals surface area (Å²) in [6, 6.07) is 15.1. The fourth-order valence-corrected chi connectivity index (χ4v) is 5.43. The summed E-state index contributed by atoms with van der Waals surface area (Å²) in [7, 11) is 0. The lowest BCUT2D eigenvalue weighted by atomic mass is 9.78. The maximum Gasteiger partial charge on any atom is 0.337 e. The Kier molecular flexibility index (Phi) is 8.71. The van der Waals surface area contributed by atoms with Crippen LogP contribution in [0.5, 0.6) is 0 Å². The van der Waals surface area contributed by atoms with E-state index in [1.165, 1.54) is 6.07 Å². The van der Waals surface area contributed by atoms with Gasteiger partial charge in [0.15, 0.2) is 0 Å². The molecule has 1 unspecified atom stereocenters. The van der Waals surface area contributed by atoms with Gasteiger partial charge in [0.1, 0.15) is 11.4 Å². The molecule has 1 amide bonds. The van der Waals surface area contributed by atoms with Gasteiger partial charge in [-0.15, -0.1) is 12.4 Å². The maximum absolute atomic E-state index is 14.4. The zero-order chi connectivity index (χ0) is 27.1. The van der Waals surface area contributed by atoms with E-state index in [2.05, 4.69) is 20.8 Å². The molecule has 3 N–H and O–H groups in total. The van der Waals surface area contributed by atoms with Crippen LogP contribution < -0.4 is 10.6 Å². The van der Waals surface area contributed by atoms with Crippen LogP contribution in [0.2, 0.25) is 10.0 Å². The molecule has 0 spiro atoms. The van der Waals surface area contributed by atoms with Crippen LogP contribution in [0.4, 0.5) is 10.1 Å². The third kappa shape index (κ3) is 5.49. The van der Waals surface area contributed by atoms with E-state index in [-0.39, 0.29) is 40.5 Å². The number of nitrogens with two attached hydrogens (primary N) is 1. The normalized spacial score (nSPS) is 14.7. The summed E-state index contributed by atoms with van der Waals surface area (Å²) >= 11 is 12.6. The summed E-state index contributed by atoms with van der Waals surface area (Å²) in [6.45, 7) is 6.68. The van der Waals surface area contributed by atoms with Crippen LogP contribution >= 0.6 is 35.6 Å². The number of fused-ring (bicyclic) bond motifs is 1. The monoisotopic (exact) mass is 578 g/mol. The summed E-state index contributed by atoms with van der Waals surface area (Å²) in [5, 5.41) is 10.5. The number of amides is 1. The zero-order valence-corrected chi connectivity index (χ0v) is 23.7. The molecule has 5 nitrogen and oxygen atoms in total. The van der Waals surface area contributed by atoms with E-state index in [4.69, 9.17) is 28.9 Å². The number of anilines is 1. The topological polar surface area (TPSA) is 83.6 Å². The van der Waals surface area contributed by atoms with E-state index in [1.54, 1.807) is 23.1 Å². The standard InChI is InChI=1S/C29H29Cl2FN2O3.ClH/c1-28(2,3)19-8-6-17(7-9-19)16-29(27(33)37,20-10-11-23(30)24(31)14-20)34-12-4-5-18-13-21(32)15-22(25(18)34)26(35)36;/h6-11,13-15H,4-5,12,16H2,1-3H3,(H2,33,37)(H,35,36);1H. The molecule has 3 aromatic rings. The lowest BCUT2D eigenvalue weighted by molar-refractivity contribution is -0.123. The second kappa shape index (κ2) is 11.1. The molecular formula is C29H30Cl3FN2O3. The fourth-order valence-electron chi connectivity index (χ4n) is 5.14. The summed E-state index contributed by atoms with van der Waals surface area (Å²) in [5.74, 6) is -2.61. The van der Waals surface area contributed by atoms with Gasteiger partial charge in [-0.3, -0.25) is 4.79 Å². The molecule has 1 heterocycles. The van der Waals surface area contributed by atoms with Crippen molar-refractivity contribution in [1.82, 2.24) is 0 Å². The number of aryl methyl sites for hydroxylation is 1. The molecule has 1 aliphatic heterocycles. The molecule has 0 aliphatic carbocycles. The molecule has 202 valence electrons. The van der Waals surface area contributed by atoms with Crippen molar-refractivity contribution >= 4 is 53.2 Å². The van der Waals surface area contributed by atoms with Crippen LogP contribution in [0.25, 0.3) is 0 Å². The first kappa shape index (κ1) is 29.8. The predicted molar refractivity (Wildman–Crippen MR) is 152 cm³/mol. The van der Waals surface area contributed by atoms with Crippen molar-refractivity contribution in [2.75, 3.05) is 11.4 Å². The molecule has 0 radical (unpaired) electrons. The highest BCUT2D eigenvalue weighted by Gasteiger charge is 2.47. The first-order valence-electron chi connectivity index (χ1n) is 12.0. The third-order valence-electron chi connectivity index (χ3n) is 7.03. The van der Waals surface area contributed by atoms with Gasteiger partial charge in [-0.05, 0) is 64.8 Å². The number of aromatic carboxylic acids is 1. The Morgan fingerprint density at radius 2 is 1.63 bits per heavy atom. The largest absolute Gasteiger partial charge is 0.478 e. The van der Waals surface area contributed by atoms with E-state index < -0.39 is 23.2 Å². The Bertz CT molecular complexity index is 1370. The summed E-state index contributed by atoms with van der Waals surface area (Å²) in [5.41, 5.74) is 7.63. The van der Waals surface area contributed by atoms with Gasteiger partial charge in [-0.25, -0.2) is 9.18 Å². The Morgan fingerprint density at radius 1 is 1.00 bits per heavy atom. The van der Waals surface area contributed by atoms with Crippen molar-refractivity contribution in [2.45, 2.75) is 51.0 Å². The third-order valence-corrected chi connectivity index (χ3v) is 7.77. The van der Waals surface area contributed by atoms with Crippen molar-refractivity contribution in [3.05, 3.63) is 98.3 Å². The quantitative estimate of drug-likeness (QED) is 0.332. The van der Waals surface area contributed by atoms with Crippen LogP contribution in [0.1, 0.15) is 59.8 Å². The number of carbonyl (C=O) groups excluding carboxylic acids is 1. The molecule has 1 aliphatic rings. The number of carboxylic acids is 1. The lowest BCUT2D eigenvalue weighted by Gasteiger charge is -2.47. The van der Waals surface area contributed by atoms with Crippen molar-refractivity contribution in [2.24, 2.45) is 5.73 Å². The second-order valence-corrected chi connectivity index (χ2v) is 11.3. The van der Waals surface area contributed by atoms with E-state index in [0.29, 0.717) is 35.5 Å². The molecule has 3 aromatic carbocycles. The Morgan fingerprint density at radius 3 is 2.18 bits per heavy atom. The van der Waals surface area contributed by atoms with E-state index in [0.717, 1.165) is 17.2 Å². The number of hydrogen-bond donors (Lipinski definition) is 2. The minimum absolute atomic E-state index is 0. The minimum atomic E-state index is -1.52.